The Morgan fingerprint density at radius 2 is 2.05 bits per heavy atom. The van der Waals surface area contributed by atoms with Crippen LogP contribution in [0.5, 0.6) is 17.2 Å². The zero-order chi connectivity index (χ0) is 15.4. The van der Waals surface area contributed by atoms with Crippen LogP contribution in [0.4, 0.5) is 0 Å². The molecule has 0 fully saturated rings. The third-order valence-electron chi connectivity index (χ3n) is 2.88. The number of ether oxygens (including phenoxy) is 3. The third-order valence-corrected chi connectivity index (χ3v) is 2.88. The van der Waals surface area contributed by atoms with Gasteiger partial charge in [0.1, 0.15) is 12.3 Å². The molecule has 0 saturated heterocycles. The summed E-state index contributed by atoms with van der Waals surface area (Å²) >= 11 is 0. The van der Waals surface area contributed by atoms with Crippen LogP contribution in [0, 0.1) is 5.92 Å². The number of benzene rings is 1. The number of carbonyl (C=O) groups excluding carboxylic acids is 1. The van der Waals surface area contributed by atoms with E-state index in [2.05, 4.69) is 5.32 Å². The second-order valence-electron chi connectivity index (χ2n) is 4.91. The van der Waals surface area contributed by atoms with Gasteiger partial charge in [-0.25, -0.2) is 0 Å². The number of fused-ring (bicyclic) bond motifs is 1. The quantitative estimate of drug-likeness (QED) is 0.813. The van der Waals surface area contributed by atoms with Crippen molar-refractivity contribution in [1.82, 2.24) is 5.32 Å². The van der Waals surface area contributed by atoms with Crippen molar-refractivity contribution in [3.63, 3.8) is 0 Å². The molecule has 2 N–H and O–H groups in total. The molecule has 7 nitrogen and oxygen atoms in total. The fraction of sp³-hybridized carbons (Fsp3) is 0.429. The van der Waals surface area contributed by atoms with Crippen molar-refractivity contribution < 1.29 is 28.9 Å². The summed E-state index contributed by atoms with van der Waals surface area (Å²) in [5, 5.41) is 10.9. The Kier molecular flexibility index (Phi) is 4.52. The van der Waals surface area contributed by atoms with Gasteiger partial charge in [-0.2, -0.15) is 0 Å². The molecule has 0 bridgehead atoms. The monoisotopic (exact) mass is 295 g/mol. The number of carboxylic acid groups (broad SMARTS) is 1. The van der Waals surface area contributed by atoms with Crippen LogP contribution >= 0.6 is 0 Å². The van der Waals surface area contributed by atoms with E-state index in [1.807, 2.05) is 13.8 Å². The second kappa shape index (κ2) is 6.34. The fourth-order valence-electron chi connectivity index (χ4n) is 1.85. The van der Waals surface area contributed by atoms with Gasteiger partial charge in [0.05, 0.1) is 0 Å². The molecule has 1 atom stereocenters. The first-order chi connectivity index (χ1) is 9.97. The summed E-state index contributed by atoms with van der Waals surface area (Å²) in [5.74, 6) is -0.0497. The van der Waals surface area contributed by atoms with Crippen LogP contribution in [0.1, 0.15) is 13.8 Å². The largest absolute Gasteiger partial charge is 0.480 e. The van der Waals surface area contributed by atoms with Crippen molar-refractivity contribution in [2.45, 2.75) is 20.0 Å². The summed E-state index contributed by atoms with van der Waals surface area (Å²) in [5.41, 5.74) is 0. The zero-order valence-corrected chi connectivity index (χ0v) is 11.8. The Labute approximate surface area is 121 Å². The van der Waals surface area contributed by atoms with Crippen LogP contribution in [0.25, 0.3) is 0 Å². The number of hydrogen-bond donors (Lipinski definition) is 2. The maximum Gasteiger partial charge on any atom is 0.322 e. The highest BCUT2D eigenvalue weighted by atomic mass is 16.7. The minimum absolute atomic E-state index is 0.121. The first-order valence-corrected chi connectivity index (χ1v) is 6.53. The number of aliphatic carboxylic acids is 1. The van der Waals surface area contributed by atoms with Gasteiger partial charge in [-0.1, -0.05) is 13.8 Å². The topological polar surface area (TPSA) is 94.1 Å². The normalized spacial score (nSPS) is 13.9. The van der Waals surface area contributed by atoms with Gasteiger partial charge in [0.25, 0.3) is 5.91 Å². The van der Waals surface area contributed by atoms with Gasteiger partial charge < -0.3 is 24.6 Å². The maximum absolute atomic E-state index is 12.0. The van der Waals surface area contributed by atoms with Gasteiger partial charge in [0, 0.05) is 6.07 Å². The van der Waals surface area contributed by atoms with Gasteiger partial charge in [-0.05, 0) is 18.1 Å². The highest BCUT2D eigenvalue weighted by molar-refractivity contribution is 5.84. The number of carboxylic acids is 1. The molecule has 114 valence electrons. The van der Waals surface area contributed by atoms with E-state index in [0.717, 1.165) is 0 Å². The summed E-state index contributed by atoms with van der Waals surface area (Å²) < 4.78 is 16.1. The number of nitrogens with one attached hydrogen (secondary N) is 1. The van der Waals surface area contributed by atoms with E-state index in [1.165, 1.54) is 0 Å². The van der Waals surface area contributed by atoms with E-state index < -0.39 is 24.5 Å². The lowest BCUT2D eigenvalue weighted by Gasteiger charge is -2.21. The van der Waals surface area contributed by atoms with Gasteiger partial charge in [-0.15, -0.1) is 0 Å². The fourth-order valence-corrected chi connectivity index (χ4v) is 1.85. The number of rotatable bonds is 6. The molecule has 0 saturated carbocycles. The van der Waals surface area contributed by atoms with E-state index in [-0.39, 0.29) is 12.7 Å². The molecule has 1 aromatic carbocycles. The van der Waals surface area contributed by atoms with Crippen molar-refractivity contribution in [3.8, 4) is 17.2 Å². The van der Waals surface area contributed by atoms with E-state index in [9.17, 15) is 9.59 Å². The Bertz CT molecular complexity index is 542. The van der Waals surface area contributed by atoms with Crippen molar-refractivity contribution in [2.24, 2.45) is 5.92 Å². The smallest absolute Gasteiger partial charge is 0.322 e. The predicted octanol–water partition coefficient (Wildman–Crippen LogP) is 1.02. The molecule has 2 rings (SSSR count). The molecule has 1 aliphatic rings. The molecule has 0 radical (unpaired) electrons. The predicted molar refractivity (Wildman–Crippen MR) is 72.5 cm³/mol. The molecule has 1 aromatic rings. The third kappa shape index (κ3) is 3.77. The van der Waals surface area contributed by atoms with Crippen LogP contribution in [-0.2, 0) is 9.59 Å². The standard InChI is InChI=1S/C14H17NO6/c1-8(2)13(14(18)15-6-12(16)17)21-9-3-4-10-11(5-9)20-7-19-10/h3-5,8,13H,6-7H2,1-2H3,(H,15,18)(H,16,17). The highest BCUT2D eigenvalue weighted by Crippen LogP contribution is 2.35. The zero-order valence-electron chi connectivity index (χ0n) is 11.8. The Morgan fingerprint density at radius 1 is 1.33 bits per heavy atom. The van der Waals surface area contributed by atoms with Crippen molar-refractivity contribution >= 4 is 11.9 Å². The first kappa shape index (κ1) is 15.0. The average Bonchev–Trinajstić information content (AvgIpc) is 2.89. The SMILES string of the molecule is CC(C)C(Oc1ccc2c(c1)OCO2)C(=O)NCC(=O)O. The number of hydrogen-bond acceptors (Lipinski definition) is 5. The summed E-state index contributed by atoms with van der Waals surface area (Å²) in [6.45, 7) is 3.36. The van der Waals surface area contributed by atoms with Gasteiger partial charge in [0.15, 0.2) is 17.6 Å². The Balaban J connectivity index is 2.05. The van der Waals surface area contributed by atoms with Crippen LogP contribution < -0.4 is 19.5 Å². The molecule has 21 heavy (non-hydrogen) atoms. The molecular weight excluding hydrogens is 278 g/mol. The van der Waals surface area contributed by atoms with Gasteiger partial charge in [-0.3, -0.25) is 9.59 Å². The molecule has 7 heteroatoms. The average molecular weight is 295 g/mol. The highest BCUT2D eigenvalue weighted by Gasteiger charge is 2.25. The lowest BCUT2D eigenvalue weighted by Crippen LogP contribution is -2.43. The van der Waals surface area contributed by atoms with Gasteiger partial charge in [0.2, 0.25) is 6.79 Å². The molecule has 0 aliphatic carbocycles. The van der Waals surface area contributed by atoms with E-state index in [1.54, 1.807) is 18.2 Å². The maximum atomic E-state index is 12.0. The molecule has 1 unspecified atom stereocenters. The first-order valence-electron chi connectivity index (χ1n) is 6.53. The van der Waals surface area contributed by atoms with Crippen LogP contribution in [0.15, 0.2) is 18.2 Å². The van der Waals surface area contributed by atoms with Gasteiger partial charge >= 0.3 is 5.97 Å². The van der Waals surface area contributed by atoms with E-state index >= 15 is 0 Å². The molecule has 1 amide bonds. The number of amides is 1. The molecule has 0 aromatic heterocycles. The number of carbonyl (C=O) groups is 2. The minimum Gasteiger partial charge on any atom is -0.480 e. The van der Waals surface area contributed by atoms with Crippen LogP contribution in [0.2, 0.25) is 0 Å². The van der Waals surface area contributed by atoms with Crippen molar-refractivity contribution in [3.05, 3.63) is 18.2 Å². The van der Waals surface area contributed by atoms with E-state index in [0.29, 0.717) is 17.2 Å². The summed E-state index contributed by atoms with van der Waals surface area (Å²) in [7, 11) is 0. The minimum atomic E-state index is -1.10. The Hall–Kier alpha value is -2.44. The van der Waals surface area contributed by atoms with Crippen LogP contribution in [-0.4, -0.2) is 36.4 Å². The molecule has 1 heterocycles. The summed E-state index contributed by atoms with van der Waals surface area (Å²) in [4.78, 5) is 22.5. The Morgan fingerprint density at radius 3 is 2.71 bits per heavy atom. The summed E-state index contributed by atoms with van der Waals surface area (Å²) in [6, 6.07) is 5.01. The second-order valence-corrected chi connectivity index (χ2v) is 4.91. The van der Waals surface area contributed by atoms with Crippen molar-refractivity contribution in [1.29, 1.82) is 0 Å². The lowest BCUT2D eigenvalue weighted by molar-refractivity contribution is -0.139. The molecule has 1 aliphatic heterocycles. The molecule has 0 spiro atoms. The van der Waals surface area contributed by atoms with Crippen LogP contribution in [0.3, 0.4) is 0 Å². The van der Waals surface area contributed by atoms with E-state index in [4.69, 9.17) is 19.3 Å². The lowest BCUT2D eigenvalue weighted by atomic mass is 10.1. The molecular formula is C14H17NO6. The van der Waals surface area contributed by atoms with Crippen molar-refractivity contribution in [2.75, 3.05) is 13.3 Å². The summed E-state index contributed by atoms with van der Waals surface area (Å²) in [6.07, 6.45) is -0.787.